The van der Waals surface area contributed by atoms with Crippen LogP contribution in [0.4, 0.5) is 11.4 Å². The van der Waals surface area contributed by atoms with Gasteiger partial charge >= 0.3 is 5.97 Å². The van der Waals surface area contributed by atoms with Crippen molar-refractivity contribution in [2.24, 2.45) is 0 Å². The molecule has 4 aliphatic heterocycles. The summed E-state index contributed by atoms with van der Waals surface area (Å²) in [6.45, 7) is 8.71. The Hall–Kier alpha value is -6.15. The second-order valence-corrected chi connectivity index (χ2v) is 19.5. The van der Waals surface area contributed by atoms with Crippen molar-refractivity contribution in [1.29, 1.82) is 0 Å². The summed E-state index contributed by atoms with van der Waals surface area (Å²) in [7, 11) is -8.99. The van der Waals surface area contributed by atoms with Crippen LogP contribution < -0.4 is 4.90 Å². The van der Waals surface area contributed by atoms with Gasteiger partial charge in [-0.25, -0.2) is 9.69 Å². The van der Waals surface area contributed by atoms with Crippen molar-refractivity contribution < 1.29 is 64.1 Å². The molecule has 6 rings (SSSR count). The summed E-state index contributed by atoms with van der Waals surface area (Å²) in [4.78, 5) is 79.2. The monoisotopic (exact) mass is 917 g/mol. The Bertz CT molecular complexity index is 2710. The minimum Gasteiger partial charge on any atom is -0.344 e. The molecule has 4 heterocycles. The molecule has 0 atom stereocenters. The lowest BCUT2D eigenvalue weighted by molar-refractivity contribution is -0.438. The highest BCUT2D eigenvalue weighted by Gasteiger charge is 2.45. The lowest BCUT2D eigenvalue weighted by Gasteiger charge is -2.27. The maximum absolute atomic E-state index is 12.5. The molecular weight excluding hydrogens is 869 g/mol. The van der Waals surface area contributed by atoms with Crippen LogP contribution in [0.5, 0.6) is 0 Å². The van der Waals surface area contributed by atoms with Crippen LogP contribution in [0, 0.1) is 0 Å². The van der Waals surface area contributed by atoms with Gasteiger partial charge in [-0.1, -0.05) is 43.6 Å². The zero-order chi connectivity index (χ0) is 46.8. The zero-order valence-electron chi connectivity index (χ0n) is 35.7. The highest BCUT2D eigenvalue weighted by Crippen LogP contribution is 2.49. The number of allylic oxidation sites excluding steroid dienone is 6. The third-order valence-electron chi connectivity index (χ3n) is 11.6. The average Bonchev–Trinajstić information content (AvgIpc) is 3.86. The van der Waals surface area contributed by atoms with Gasteiger partial charge in [0.2, 0.25) is 11.6 Å². The Labute approximate surface area is 371 Å². The molecule has 2 N–H and O–H groups in total. The number of anilines is 1. The third-order valence-corrected chi connectivity index (χ3v) is 13.3. The Kier molecular flexibility index (Phi) is 13.7. The number of rotatable bonds is 18. The van der Waals surface area contributed by atoms with Crippen molar-refractivity contribution in [1.82, 2.24) is 9.96 Å². The van der Waals surface area contributed by atoms with Gasteiger partial charge in [0.05, 0.1) is 15.2 Å². The standard InChI is InChI=1S/C45H48N4O13S2/c1-44(2)32-28-30(63(56,57)58)18-20-34(32)46(26-12-6-10-16-38(50)48-39(51)22-23-40(48)52)36(44)14-8-5-9-15-37-45(3,4)33-29-31(64(59,60)61)19-21-35(33)47(37)27-13-7-11-17-43(55)62-49-41(53)24-25-42(49)54/h5,8-9,14-15,18-25,28-29H,6-7,10-13,16-17,26-27H2,1-4H3,(H-,56,57,58,59,60,61)/p+1. The molecule has 0 saturated carbocycles. The number of carbonyl (C=O) groups excluding carboxylic acids is 6. The van der Waals surface area contributed by atoms with E-state index in [1.165, 1.54) is 24.3 Å². The number of hydrogen-bond acceptors (Lipinski definition) is 12. The van der Waals surface area contributed by atoms with E-state index < -0.39 is 66.6 Å². The molecule has 4 aliphatic rings. The van der Waals surface area contributed by atoms with E-state index in [4.69, 9.17) is 4.84 Å². The Morgan fingerprint density at radius 1 is 0.688 bits per heavy atom. The summed E-state index contributed by atoms with van der Waals surface area (Å²) >= 11 is 0. The summed E-state index contributed by atoms with van der Waals surface area (Å²) in [5, 5.41) is 0.414. The maximum Gasteiger partial charge on any atom is 0.333 e. The zero-order valence-corrected chi connectivity index (χ0v) is 37.4. The van der Waals surface area contributed by atoms with Crippen LogP contribution in [0.3, 0.4) is 0 Å². The maximum atomic E-state index is 12.5. The molecular formula is C45H49N4O13S2+. The fraction of sp³-hybridized carbons (Fsp3) is 0.356. The Morgan fingerprint density at radius 3 is 1.91 bits per heavy atom. The van der Waals surface area contributed by atoms with Gasteiger partial charge < -0.3 is 9.74 Å². The average molecular weight is 918 g/mol. The van der Waals surface area contributed by atoms with Crippen LogP contribution in [0.2, 0.25) is 0 Å². The summed E-state index contributed by atoms with van der Waals surface area (Å²) < 4.78 is 70.3. The van der Waals surface area contributed by atoms with Crippen LogP contribution >= 0.6 is 0 Å². The van der Waals surface area contributed by atoms with E-state index in [1.807, 2.05) is 63.0 Å². The van der Waals surface area contributed by atoms with Crippen molar-refractivity contribution in [3.8, 4) is 0 Å². The van der Waals surface area contributed by atoms with Crippen molar-refractivity contribution >= 4 is 72.8 Å². The van der Waals surface area contributed by atoms with Crippen LogP contribution in [0.15, 0.2) is 107 Å². The number of carbonyl (C=O) groups is 6. The number of nitrogens with zero attached hydrogens (tertiary/aromatic N) is 4. The van der Waals surface area contributed by atoms with Crippen molar-refractivity contribution in [3.63, 3.8) is 0 Å². The van der Waals surface area contributed by atoms with Crippen molar-refractivity contribution in [2.75, 3.05) is 18.0 Å². The minimum atomic E-state index is -4.50. The smallest absolute Gasteiger partial charge is 0.333 e. The molecule has 64 heavy (non-hydrogen) atoms. The fourth-order valence-electron chi connectivity index (χ4n) is 8.29. The number of hydrogen-bond donors (Lipinski definition) is 2. The summed E-state index contributed by atoms with van der Waals surface area (Å²) in [6.07, 6.45) is 16.6. The van der Waals surface area contributed by atoms with Crippen LogP contribution in [-0.4, -0.2) is 94.8 Å². The molecule has 0 fully saturated rings. The molecule has 338 valence electrons. The molecule has 17 nitrogen and oxygen atoms in total. The summed E-state index contributed by atoms with van der Waals surface area (Å²) in [5.41, 5.74) is 3.06. The van der Waals surface area contributed by atoms with Crippen LogP contribution in [0.25, 0.3) is 0 Å². The van der Waals surface area contributed by atoms with Gasteiger partial charge in [-0.15, -0.1) is 0 Å². The number of amides is 5. The number of fused-ring (bicyclic) bond motifs is 2. The quantitative estimate of drug-likeness (QED) is 0.0635. The van der Waals surface area contributed by atoms with Gasteiger partial charge in [0, 0.05) is 84.6 Å². The molecule has 0 spiro atoms. The topological polar surface area (TPSA) is 233 Å². The molecule has 0 radical (unpaired) electrons. The first-order valence-corrected chi connectivity index (χ1v) is 23.5. The SMILES string of the molecule is CC1(C)C(=CC=CC=CC2=[N+](CCCCCC(=O)N3C(=O)C=CC3=O)c3ccc(S(=O)(=O)O)cc3C2(C)C)N(CCCCCC(=O)ON2C(=O)C=CC2=O)c2ccc(S(=O)(=O)O)cc21. The first kappa shape index (κ1) is 47.3. The summed E-state index contributed by atoms with van der Waals surface area (Å²) in [6, 6.07) is 8.88. The molecule has 0 aliphatic carbocycles. The van der Waals surface area contributed by atoms with Gasteiger partial charge in [0.15, 0.2) is 5.71 Å². The van der Waals surface area contributed by atoms with Gasteiger partial charge in [-0.2, -0.15) is 21.4 Å². The van der Waals surface area contributed by atoms with E-state index in [1.54, 1.807) is 12.1 Å². The largest absolute Gasteiger partial charge is 0.344 e. The van der Waals surface area contributed by atoms with Gasteiger partial charge in [0.25, 0.3) is 43.9 Å². The molecule has 0 bridgehead atoms. The van der Waals surface area contributed by atoms with E-state index in [-0.39, 0.29) is 22.6 Å². The molecule has 5 amide bonds. The molecule has 2 aromatic rings. The molecule has 0 unspecified atom stereocenters. The first-order chi connectivity index (χ1) is 30.0. The number of benzene rings is 2. The second-order valence-electron chi connectivity index (χ2n) is 16.7. The van der Waals surface area contributed by atoms with Crippen molar-refractivity contribution in [2.45, 2.75) is 99.7 Å². The lowest BCUT2D eigenvalue weighted by atomic mass is 9.81. The fourth-order valence-corrected chi connectivity index (χ4v) is 9.30. The first-order valence-electron chi connectivity index (χ1n) is 20.6. The van der Waals surface area contributed by atoms with E-state index in [9.17, 15) is 54.7 Å². The number of hydroxylamine groups is 2. The van der Waals surface area contributed by atoms with Crippen LogP contribution in [-0.2, 0) is 64.7 Å². The normalized spacial score (nSPS) is 18.5. The highest BCUT2D eigenvalue weighted by atomic mass is 32.2. The third kappa shape index (κ3) is 9.97. The van der Waals surface area contributed by atoms with E-state index in [2.05, 4.69) is 4.58 Å². The molecule has 0 saturated heterocycles. The predicted molar refractivity (Wildman–Crippen MR) is 232 cm³/mol. The van der Waals surface area contributed by atoms with E-state index >= 15 is 0 Å². The highest BCUT2D eigenvalue weighted by molar-refractivity contribution is 7.86. The van der Waals surface area contributed by atoms with Gasteiger partial charge in [-0.05, 0) is 81.5 Å². The molecule has 19 heteroatoms. The summed E-state index contributed by atoms with van der Waals surface area (Å²) in [5.74, 6) is -4.06. The Morgan fingerprint density at radius 2 is 1.27 bits per heavy atom. The van der Waals surface area contributed by atoms with Gasteiger partial charge in [-0.3, -0.25) is 33.1 Å². The van der Waals surface area contributed by atoms with Crippen LogP contribution in [0.1, 0.15) is 90.2 Å². The number of unbranched alkanes of at least 4 members (excludes halogenated alkanes) is 4. The molecule has 0 aromatic heterocycles. The van der Waals surface area contributed by atoms with Crippen molar-refractivity contribution in [3.05, 3.63) is 108 Å². The lowest BCUT2D eigenvalue weighted by Crippen LogP contribution is -2.36. The van der Waals surface area contributed by atoms with E-state index in [0.717, 1.165) is 47.1 Å². The predicted octanol–water partition coefficient (Wildman–Crippen LogP) is 5.31. The minimum absolute atomic E-state index is 0.0124. The Balaban J connectivity index is 1.19. The second kappa shape index (κ2) is 18.5. The van der Waals surface area contributed by atoms with E-state index in [0.29, 0.717) is 72.7 Å². The molecule has 2 aromatic carbocycles. The number of imide groups is 4. The van der Waals surface area contributed by atoms with Gasteiger partial charge in [0.1, 0.15) is 6.54 Å².